The molecule has 2 unspecified atom stereocenters. The molecule has 2 N–H and O–H groups in total. The molecule has 1 aliphatic rings. The van der Waals surface area contributed by atoms with Gasteiger partial charge in [0.05, 0.1) is 0 Å². The van der Waals surface area contributed by atoms with Gasteiger partial charge >= 0.3 is 0 Å². The maximum Gasteiger partial charge on any atom is 0.0190 e. The van der Waals surface area contributed by atoms with Gasteiger partial charge in [0.2, 0.25) is 0 Å². The normalized spacial score (nSPS) is 30.7. The minimum Gasteiger partial charge on any atom is -0.327 e. The van der Waals surface area contributed by atoms with Crippen LogP contribution in [0.2, 0.25) is 0 Å². The van der Waals surface area contributed by atoms with Gasteiger partial charge in [-0.2, -0.15) is 0 Å². The molecule has 0 aliphatic carbocycles. The van der Waals surface area contributed by atoms with Crippen molar-refractivity contribution in [2.45, 2.75) is 27.2 Å². The minimum absolute atomic E-state index is 0.671. The van der Waals surface area contributed by atoms with E-state index >= 15 is 0 Å². The number of hydrogen-bond donors (Lipinski definition) is 1. The van der Waals surface area contributed by atoms with E-state index in [0.29, 0.717) is 6.54 Å². The van der Waals surface area contributed by atoms with Crippen molar-refractivity contribution < 1.29 is 0 Å². The van der Waals surface area contributed by atoms with E-state index in [4.69, 9.17) is 5.73 Å². The van der Waals surface area contributed by atoms with Gasteiger partial charge in [0.25, 0.3) is 0 Å². The molecule has 0 saturated carbocycles. The van der Waals surface area contributed by atoms with Crippen LogP contribution in [0.3, 0.4) is 0 Å². The summed E-state index contributed by atoms with van der Waals surface area (Å²) < 4.78 is 0. The van der Waals surface area contributed by atoms with Crippen LogP contribution in [0.1, 0.15) is 27.2 Å². The number of hydrogen-bond acceptors (Lipinski definition) is 2. The van der Waals surface area contributed by atoms with Crippen molar-refractivity contribution in [1.29, 1.82) is 0 Å². The molecule has 2 atom stereocenters. The van der Waals surface area contributed by atoms with Crippen molar-refractivity contribution in [3.8, 4) is 0 Å². The lowest BCUT2D eigenvalue weighted by Crippen LogP contribution is -2.39. The van der Waals surface area contributed by atoms with Crippen LogP contribution in [-0.2, 0) is 0 Å². The van der Waals surface area contributed by atoms with Crippen LogP contribution in [0, 0.1) is 11.8 Å². The minimum atomic E-state index is 0.671. The fraction of sp³-hybridized carbons (Fsp3) is 0.833. The highest BCUT2D eigenvalue weighted by Gasteiger charge is 2.21. The number of piperidine rings is 1. The largest absolute Gasteiger partial charge is 0.327 e. The maximum absolute atomic E-state index is 5.49. The Morgan fingerprint density at radius 1 is 1.36 bits per heavy atom. The Labute approximate surface area is 88.2 Å². The highest BCUT2D eigenvalue weighted by molar-refractivity contribution is 5.01. The van der Waals surface area contributed by atoms with Crippen molar-refractivity contribution in [2.75, 3.05) is 26.2 Å². The van der Waals surface area contributed by atoms with Crippen molar-refractivity contribution in [3.05, 3.63) is 11.6 Å². The molecule has 0 radical (unpaired) electrons. The van der Waals surface area contributed by atoms with E-state index < -0.39 is 0 Å². The molecule has 0 aromatic carbocycles. The summed E-state index contributed by atoms with van der Waals surface area (Å²) in [4.78, 5) is 2.56. The monoisotopic (exact) mass is 196 g/mol. The molecule has 1 fully saturated rings. The SMILES string of the molecule is C/C(=C\CN)CN1CC(C)CC(C)C1. The van der Waals surface area contributed by atoms with Gasteiger partial charge in [0.15, 0.2) is 0 Å². The molecule has 2 nitrogen and oxygen atoms in total. The molecule has 0 aromatic heterocycles. The van der Waals surface area contributed by atoms with Gasteiger partial charge in [0.1, 0.15) is 0 Å². The summed E-state index contributed by atoms with van der Waals surface area (Å²) in [5.41, 5.74) is 6.91. The number of nitrogens with zero attached hydrogens (tertiary/aromatic N) is 1. The van der Waals surface area contributed by atoms with Gasteiger partial charge in [0, 0.05) is 26.2 Å². The molecule has 1 rings (SSSR count). The molecule has 1 aliphatic heterocycles. The molecular formula is C12H24N2. The highest BCUT2D eigenvalue weighted by Crippen LogP contribution is 2.21. The van der Waals surface area contributed by atoms with Gasteiger partial charge in [-0.1, -0.05) is 25.5 Å². The lowest BCUT2D eigenvalue weighted by atomic mass is 9.91. The summed E-state index contributed by atoms with van der Waals surface area (Å²) in [5.74, 6) is 1.70. The molecule has 2 heteroatoms. The standard InChI is InChI=1S/C12H24N2/c1-10(4-5-13)7-14-8-11(2)6-12(3)9-14/h4,11-12H,5-9,13H2,1-3H3/b10-4+. The van der Waals surface area contributed by atoms with E-state index in [1.165, 1.54) is 25.1 Å². The van der Waals surface area contributed by atoms with Crippen LogP contribution >= 0.6 is 0 Å². The third-order valence-electron chi connectivity index (χ3n) is 2.88. The summed E-state index contributed by atoms with van der Waals surface area (Å²) in [6, 6.07) is 0. The first kappa shape index (κ1) is 11.7. The molecule has 1 heterocycles. The second kappa shape index (κ2) is 5.52. The van der Waals surface area contributed by atoms with Crippen LogP contribution < -0.4 is 5.73 Å². The Balaban J connectivity index is 2.40. The van der Waals surface area contributed by atoms with Crippen LogP contribution in [-0.4, -0.2) is 31.1 Å². The van der Waals surface area contributed by atoms with Crippen molar-refractivity contribution >= 4 is 0 Å². The number of rotatable bonds is 3. The number of nitrogens with two attached hydrogens (primary N) is 1. The average molecular weight is 196 g/mol. The maximum atomic E-state index is 5.49. The molecule has 82 valence electrons. The lowest BCUT2D eigenvalue weighted by molar-refractivity contribution is 0.152. The van der Waals surface area contributed by atoms with Gasteiger partial charge in [-0.25, -0.2) is 0 Å². The second-order valence-corrected chi connectivity index (χ2v) is 4.93. The summed E-state index contributed by atoms with van der Waals surface area (Å²) in [6.45, 7) is 11.2. The van der Waals surface area contributed by atoms with Gasteiger partial charge in [-0.05, 0) is 25.2 Å². The third kappa shape index (κ3) is 3.81. The zero-order valence-electron chi connectivity index (χ0n) is 9.79. The Morgan fingerprint density at radius 3 is 2.43 bits per heavy atom. The van der Waals surface area contributed by atoms with Crippen molar-refractivity contribution in [2.24, 2.45) is 17.6 Å². The fourth-order valence-electron chi connectivity index (χ4n) is 2.54. The Morgan fingerprint density at radius 2 is 1.93 bits per heavy atom. The molecular weight excluding hydrogens is 172 g/mol. The molecule has 0 bridgehead atoms. The van der Waals surface area contributed by atoms with Gasteiger partial charge < -0.3 is 5.73 Å². The first-order valence-electron chi connectivity index (χ1n) is 5.70. The Hall–Kier alpha value is -0.340. The zero-order chi connectivity index (χ0) is 10.6. The second-order valence-electron chi connectivity index (χ2n) is 4.93. The van der Waals surface area contributed by atoms with Crippen LogP contribution in [0.25, 0.3) is 0 Å². The topological polar surface area (TPSA) is 29.3 Å². The molecule has 0 spiro atoms. The Bertz CT molecular complexity index is 188. The van der Waals surface area contributed by atoms with Crippen molar-refractivity contribution in [1.82, 2.24) is 4.90 Å². The first-order valence-corrected chi connectivity index (χ1v) is 5.70. The van der Waals surface area contributed by atoms with E-state index in [-0.39, 0.29) is 0 Å². The van der Waals surface area contributed by atoms with Crippen LogP contribution in [0.4, 0.5) is 0 Å². The van der Waals surface area contributed by atoms with Gasteiger partial charge in [-0.3, -0.25) is 4.90 Å². The van der Waals surface area contributed by atoms with Gasteiger partial charge in [-0.15, -0.1) is 0 Å². The predicted octanol–water partition coefficient (Wildman–Crippen LogP) is 1.87. The first-order chi connectivity index (χ1) is 6.61. The molecule has 14 heavy (non-hydrogen) atoms. The van der Waals surface area contributed by atoms with Crippen LogP contribution in [0.15, 0.2) is 11.6 Å². The lowest BCUT2D eigenvalue weighted by Gasteiger charge is -2.35. The summed E-state index contributed by atoms with van der Waals surface area (Å²) >= 11 is 0. The van der Waals surface area contributed by atoms with E-state index in [9.17, 15) is 0 Å². The van der Waals surface area contributed by atoms with E-state index in [1.54, 1.807) is 0 Å². The Kier molecular flexibility index (Phi) is 4.63. The van der Waals surface area contributed by atoms with E-state index in [1.807, 2.05) is 0 Å². The van der Waals surface area contributed by atoms with E-state index in [2.05, 4.69) is 31.7 Å². The van der Waals surface area contributed by atoms with E-state index in [0.717, 1.165) is 18.4 Å². The van der Waals surface area contributed by atoms with Crippen LogP contribution in [0.5, 0.6) is 0 Å². The quantitative estimate of drug-likeness (QED) is 0.698. The summed E-state index contributed by atoms with van der Waals surface area (Å²) in [6.07, 6.45) is 3.51. The summed E-state index contributed by atoms with van der Waals surface area (Å²) in [7, 11) is 0. The third-order valence-corrected chi connectivity index (χ3v) is 2.88. The molecule has 0 amide bonds. The molecule has 1 saturated heterocycles. The predicted molar refractivity (Wildman–Crippen MR) is 62.2 cm³/mol. The zero-order valence-corrected chi connectivity index (χ0v) is 9.79. The summed E-state index contributed by atoms with van der Waals surface area (Å²) in [5, 5.41) is 0. The fourth-order valence-corrected chi connectivity index (χ4v) is 2.54. The molecule has 0 aromatic rings. The van der Waals surface area contributed by atoms with Crippen molar-refractivity contribution in [3.63, 3.8) is 0 Å². The smallest absolute Gasteiger partial charge is 0.0190 e. The number of likely N-dealkylation sites (tertiary alicyclic amines) is 1. The highest BCUT2D eigenvalue weighted by atomic mass is 15.1. The average Bonchev–Trinajstić information content (AvgIpc) is 2.01.